The largest absolute Gasteiger partial charge is 0.307 e. The lowest BCUT2D eigenvalue weighted by Crippen LogP contribution is -1.62. The molecule has 0 atom stereocenters. The normalized spacial score (nSPS) is 7.33. The minimum absolute atomic E-state index is 1.32. The number of benzene rings is 2. The van der Waals surface area contributed by atoms with Crippen molar-refractivity contribution in [2.45, 2.75) is 27.7 Å². The fourth-order valence-electron chi connectivity index (χ4n) is 1.07. The number of rotatable bonds is 0. The van der Waals surface area contributed by atoms with Crippen LogP contribution in [0.1, 0.15) is 25.0 Å². The Bertz CT molecular complexity index is 316. The molecule has 1 heteroatoms. The SMILES string of the molecule is C=O.CC.Cc1ccccc1.Cc1ccccc1. The summed E-state index contributed by atoms with van der Waals surface area (Å²) >= 11 is 0. The second-order valence-corrected chi connectivity index (χ2v) is 3.31. The van der Waals surface area contributed by atoms with Crippen LogP contribution in [0.5, 0.6) is 0 Å². The monoisotopic (exact) mass is 244 g/mol. The number of carbonyl (C=O) groups is 1. The second kappa shape index (κ2) is 15.1. The highest BCUT2D eigenvalue weighted by atomic mass is 16.1. The average Bonchev–Trinajstić information content (AvgIpc) is 2.46. The summed E-state index contributed by atoms with van der Waals surface area (Å²) in [6.45, 7) is 10.2. The van der Waals surface area contributed by atoms with Crippen LogP contribution in [0, 0.1) is 13.8 Å². The van der Waals surface area contributed by atoms with Gasteiger partial charge < -0.3 is 4.79 Å². The van der Waals surface area contributed by atoms with Gasteiger partial charge in [-0.2, -0.15) is 0 Å². The van der Waals surface area contributed by atoms with E-state index in [0.717, 1.165) is 0 Å². The van der Waals surface area contributed by atoms with Gasteiger partial charge >= 0.3 is 0 Å². The topological polar surface area (TPSA) is 17.1 Å². The lowest BCUT2D eigenvalue weighted by atomic mass is 10.2. The van der Waals surface area contributed by atoms with E-state index >= 15 is 0 Å². The summed E-state index contributed by atoms with van der Waals surface area (Å²) in [7, 11) is 0. The lowest BCUT2D eigenvalue weighted by molar-refractivity contribution is -0.0979. The van der Waals surface area contributed by atoms with Crippen LogP contribution in [0.2, 0.25) is 0 Å². The van der Waals surface area contributed by atoms with Crippen LogP contribution in [0.3, 0.4) is 0 Å². The van der Waals surface area contributed by atoms with Gasteiger partial charge in [0.25, 0.3) is 0 Å². The van der Waals surface area contributed by atoms with Crippen molar-refractivity contribution in [2.24, 2.45) is 0 Å². The molecule has 18 heavy (non-hydrogen) atoms. The predicted molar refractivity (Wildman–Crippen MR) is 80.8 cm³/mol. The molecule has 0 radical (unpaired) electrons. The third-order valence-electron chi connectivity index (χ3n) is 1.88. The maximum Gasteiger partial charge on any atom is 0.106 e. The molecule has 98 valence electrons. The van der Waals surface area contributed by atoms with E-state index in [-0.39, 0.29) is 0 Å². The molecule has 2 aromatic carbocycles. The molecule has 0 saturated carbocycles. The van der Waals surface area contributed by atoms with Crippen molar-refractivity contribution >= 4 is 6.79 Å². The predicted octanol–water partition coefficient (Wildman–Crippen LogP) is 4.83. The molecular weight excluding hydrogens is 220 g/mol. The van der Waals surface area contributed by atoms with Crippen LogP contribution in [-0.2, 0) is 4.79 Å². The highest BCUT2D eigenvalue weighted by Crippen LogP contribution is 1.92. The summed E-state index contributed by atoms with van der Waals surface area (Å²) in [5, 5.41) is 0. The first kappa shape index (κ1) is 18.5. The van der Waals surface area contributed by atoms with Crippen LogP contribution < -0.4 is 0 Å². The summed E-state index contributed by atoms with van der Waals surface area (Å²) < 4.78 is 0. The van der Waals surface area contributed by atoms with Crippen molar-refractivity contribution < 1.29 is 4.79 Å². The lowest BCUT2D eigenvalue weighted by Gasteiger charge is -1.82. The van der Waals surface area contributed by atoms with Crippen molar-refractivity contribution in [3.8, 4) is 0 Å². The van der Waals surface area contributed by atoms with E-state index in [1.54, 1.807) is 0 Å². The third kappa shape index (κ3) is 12.2. The number of aryl methyl sites for hydroxylation is 2. The Balaban J connectivity index is 0. The van der Waals surface area contributed by atoms with Crippen molar-refractivity contribution in [1.82, 2.24) is 0 Å². The third-order valence-corrected chi connectivity index (χ3v) is 1.88. The molecule has 1 nitrogen and oxygen atoms in total. The van der Waals surface area contributed by atoms with E-state index in [4.69, 9.17) is 4.79 Å². The minimum Gasteiger partial charge on any atom is -0.307 e. The van der Waals surface area contributed by atoms with E-state index < -0.39 is 0 Å². The van der Waals surface area contributed by atoms with Gasteiger partial charge in [-0.15, -0.1) is 0 Å². The fraction of sp³-hybridized carbons (Fsp3) is 0.235. The summed E-state index contributed by atoms with van der Waals surface area (Å²) in [6.07, 6.45) is 0. The molecule has 0 spiro atoms. The van der Waals surface area contributed by atoms with Gasteiger partial charge in [0.15, 0.2) is 0 Å². The second-order valence-electron chi connectivity index (χ2n) is 3.31. The summed E-state index contributed by atoms with van der Waals surface area (Å²) in [4.78, 5) is 8.00. The smallest absolute Gasteiger partial charge is 0.106 e. The first-order valence-electron chi connectivity index (χ1n) is 6.11. The Morgan fingerprint density at radius 1 is 0.611 bits per heavy atom. The van der Waals surface area contributed by atoms with Crippen LogP contribution in [0.25, 0.3) is 0 Å². The van der Waals surface area contributed by atoms with Crippen molar-refractivity contribution in [3.63, 3.8) is 0 Å². The van der Waals surface area contributed by atoms with Crippen LogP contribution in [0.4, 0.5) is 0 Å². The van der Waals surface area contributed by atoms with Gasteiger partial charge in [-0.1, -0.05) is 85.6 Å². The maximum absolute atomic E-state index is 8.00. The molecule has 0 bridgehead atoms. The van der Waals surface area contributed by atoms with Gasteiger partial charge in [0, 0.05) is 0 Å². The highest BCUT2D eigenvalue weighted by Gasteiger charge is 1.72. The summed E-state index contributed by atoms with van der Waals surface area (Å²) in [5.41, 5.74) is 2.64. The molecule has 0 fully saturated rings. The molecule has 0 aromatic heterocycles. The zero-order valence-electron chi connectivity index (χ0n) is 11.9. The van der Waals surface area contributed by atoms with Gasteiger partial charge in [0.2, 0.25) is 0 Å². The Hall–Kier alpha value is -1.89. The van der Waals surface area contributed by atoms with Crippen LogP contribution in [-0.4, -0.2) is 6.79 Å². The van der Waals surface area contributed by atoms with Crippen molar-refractivity contribution in [1.29, 1.82) is 0 Å². The average molecular weight is 244 g/mol. The molecule has 0 aliphatic heterocycles. The first-order chi connectivity index (χ1) is 8.79. The highest BCUT2D eigenvalue weighted by molar-refractivity contribution is 5.12. The van der Waals surface area contributed by atoms with Crippen molar-refractivity contribution in [3.05, 3.63) is 71.8 Å². The van der Waals surface area contributed by atoms with Gasteiger partial charge in [-0.25, -0.2) is 0 Å². The molecular formula is C17H24O. The zero-order valence-corrected chi connectivity index (χ0v) is 11.9. The van der Waals surface area contributed by atoms with E-state index in [1.165, 1.54) is 11.1 Å². The fourth-order valence-corrected chi connectivity index (χ4v) is 1.07. The number of hydrogen-bond donors (Lipinski definition) is 0. The molecule has 0 N–H and O–H groups in total. The molecule has 0 aliphatic rings. The first-order valence-corrected chi connectivity index (χ1v) is 6.11. The standard InChI is InChI=1S/2C7H8.C2H6.CH2O/c2*1-7-5-3-2-4-6-7;2*1-2/h2*2-6H,1H3;1-2H3;1H2. The molecule has 0 amide bonds. The zero-order chi connectivity index (χ0) is 14.2. The maximum atomic E-state index is 8.00. The van der Waals surface area contributed by atoms with Gasteiger partial charge in [0.05, 0.1) is 0 Å². The molecule has 0 heterocycles. The summed E-state index contributed by atoms with van der Waals surface area (Å²) in [6, 6.07) is 20.5. The molecule has 2 aromatic rings. The van der Waals surface area contributed by atoms with Gasteiger partial charge in [-0.05, 0) is 13.8 Å². The minimum atomic E-state index is 1.32. The van der Waals surface area contributed by atoms with Crippen LogP contribution in [0.15, 0.2) is 60.7 Å². The quantitative estimate of drug-likeness (QED) is 0.648. The molecule has 0 saturated heterocycles. The summed E-state index contributed by atoms with van der Waals surface area (Å²) in [5.74, 6) is 0. The van der Waals surface area contributed by atoms with E-state index in [9.17, 15) is 0 Å². The Morgan fingerprint density at radius 2 is 0.833 bits per heavy atom. The van der Waals surface area contributed by atoms with E-state index in [1.807, 2.05) is 57.0 Å². The molecule has 0 aliphatic carbocycles. The van der Waals surface area contributed by atoms with Crippen molar-refractivity contribution in [2.75, 3.05) is 0 Å². The van der Waals surface area contributed by atoms with Crippen LogP contribution >= 0.6 is 0 Å². The Morgan fingerprint density at radius 3 is 0.944 bits per heavy atom. The Labute approximate surface area is 111 Å². The van der Waals surface area contributed by atoms with Gasteiger partial charge in [-0.3, -0.25) is 0 Å². The molecule has 0 unspecified atom stereocenters. The number of hydrogen-bond acceptors (Lipinski definition) is 1. The van der Waals surface area contributed by atoms with Gasteiger partial charge in [0.1, 0.15) is 6.79 Å². The Kier molecular flexibility index (Phi) is 15.5. The molecule has 2 rings (SSSR count). The number of carbonyl (C=O) groups excluding carboxylic acids is 1. The van der Waals surface area contributed by atoms with E-state index in [2.05, 4.69) is 38.1 Å². The van der Waals surface area contributed by atoms with E-state index in [0.29, 0.717) is 0 Å².